The van der Waals surface area contributed by atoms with Gasteiger partial charge < -0.3 is 4.98 Å². The molecule has 3 heterocycles. The molecule has 1 unspecified atom stereocenters. The van der Waals surface area contributed by atoms with Crippen molar-refractivity contribution in [1.82, 2.24) is 14.9 Å². The molecule has 1 saturated heterocycles. The Morgan fingerprint density at radius 2 is 2.33 bits per heavy atom. The van der Waals surface area contributed by atoms with Gasteiger partial charge in [-0.25, -0.2) is 9.37 Å². The van der Waals surface area contributed by atoms with Crippen LogP contribution in [0.3, 0.4) is 0 Å². The van der Waals surface area contributed by atoms with E-state index in [1.807, 2.05) is 0 Å². The van der Waals surface area contributed by atoms with Gasteiger partial charge in [0.1, 0.15) is 11.6 Å². The highest BCUT2D eigenvalue weighted by Gasteiger charge is 2.28. The maximum atomic E-state index is 13.3. The summed E-state index contributed by atoms with van der Waals surface area (Å²) in [7, 11) is 0. The molecule has 0 radical (unpaired) electrons. The number of aromatic amines is 1. The third-order valence-electron chi connectivity index (χ3n) is 4.11. The Bertz CT molecular complexity index is 750. The number of fused-ring (bicyclic) bond motifs is 1. The minimum absolute atomic E-state index is 0.223. The Balaban J connectivity index is 1.63. The average molecular weight is 301 g/mol. The monoisotopic (exact) mass is 301 g/mol. The largest absolute Gasteiger partial charge is 0.341 e. The number of hydrogen-bond acceptors (Lipinski definition) is 3. The molecule has 2 aromatic heterocycles. The molecule has 3 nitrogen and oxygen atoms in total. The maximum absolute atomic E-state index is 13.3. The molecule has 0 amide bonds. The molecule has 1 aromatic carbocycles. The van der Waals surface area contributed by atoms with E-state index >= 15 is 0 Å². The molecule has 1 aliphatic heterocycles. The van der Waals surface area contributed by atoms with Crippen LogP contribution in [0.2, 0.25) is 0 Å². The van der Waals surface area contributed by atoms with Crippen LogP contribution >= 0.6 is 11.3 Å². The highest BCUT2D eigenvalue weighted by atomic mass is 32.1. The van der Waals surface area contributed by atoms with Crippen LogP contribution in [0, 0.1) is 5.82 Å². The quantitative estimate of drug-likeness (QED) is 0.790. The first-order valence-electron chi connectivity index (χ1n) is 7.20. The van der Waals surface area contributed by atoms with Gasteiger partial charge in [-0.2, -0.15) is 11.3 Å². The highest BCUT2D eigenvalue weighted by Crippen LogP contribution is 2.32. The van der Waals surface area contributed by atoms with E-state index in [1.165, 1.54) is 24.1 Å². The first-order valence-corrected chi connectivity index (χ1v) is 8.14. The van der Waals surface area contributed by atoms with E-state index in [4.69, 9.17) is 0 Å². The Morgan fingerprint density at radius 1 is 1.38 bits per heavy atom. The fraction of sp³-hybridized carbons (Fsp3) is 0.312. The number of thiophene rings is 1. The van der Waals surface area contributed by atoms with E-state index in [9.17, 15) is 4.39 Å². The molecule has 4 rings (SSSR count). The van der Waals surface area contributed by atoms with Crippen molar-refractivity contribution in [1.29, 1.82) is 0 Å². The van der Waals surface area contributed by atoms with Crippen molar-refractivity contribution < 1.29 is 4.39 Å². The lowest BCUT2D eigenvalue weighted by Gasteiger charge is -2.22. The molecule has 0 bridgehead atoms. The molecular formula is C16H16FN3S. The summed E-state index contributed by atoms with van der Waals surface area (Å²) in [6.07, 6.45) is 2.28. The van der Waals surface area contributed by atoms with Gasteiger partial charge in [-0.05, 0) is 60.0 Å². The lowest BCUT2D eigenvalue weighted by molar-refractivity contribution is 0.241. The zero-order chi connectivity index (χ0) is 14.2. The van der Waals surface area contributed by atoms with Gasteiger partial charge >= 0.3 is 0 Å². The average Bonchev–Trinajstić information content (AvgIpc) is 3.18. The standard InChI is InChI=1S/C16H16FN3S/c17-12-3-4-13-14(8-12)19-16(18-13)15-2-1-6-20(15)9-11-5-7-21-10-11/h3-5,7-8,10,15H,1-2,6,9H2,(H,18,19). The lowest BCUT2D eigenvalue weighted by Crippen LogP contribution is -2.23. The van der Waals surface area contributed by atoms with E-state index in [2.05, 4.69) is 31.7 Å². The van der Waals surface area contributed by atoms with E-state index in [0.717, 1.165) is 36.4 Å². The number of H-pyrrole nitrogens is 1. The van der Waals surface area contributed by atoms with Crippen LogP contribution in [-0.4, -0.2) is 21.4 Å². The lowest BCUT2D eigenvalue weighted by atomic mass is 10.2. The van der Waals surface area contributed by atoms with Crippen molar-refractivity contribution in [2.45, 2.75) is 25.4 Å². The third kappa shape index (κ3) is 2.47. The number of hydrogen-bond donors (Lipinski definition) is 1. The van der Waals surface area contributed by atoms with E-state index < -0.39 is 0 Å². The number of rotatable bonds is 3. The number of nitrogens with one attached hydrogen (secondary N) is 1. The number of benzene rings is 1. The van der Waals surface area contributed by atoms with Crippen molar-refractivity contribution >= 4 is 22.4 Å². The summed E-state index contributed by atoms with van der Waals surface area (Å²) in [4.78, 5) is 10.4. The van der Waals surface area contributed by atoms with Gasteiger partial charge in [0.15, 0.2) is 0 Å². The molecular weight excluding hydrogens is 285 g/mol. The number of aromatic nitrogens is 2. The Labute approximate surface area is 126 Å². The molecule has 5 heteroatoms. The van der Waals surface area contributed by atoms with E-state index in [0.29, 0.717) is 6.04 Å². The van der Waals surface area contributed by atoms with Gasteiger partial charge in [-0.1, -0.05) is 0 Å². The third-order valence-corrected chi connectivity index (χ3v) is 4.84. The van der Waals surface area contributed by atoms with Gasteiger partial charge in [0.05, 0.1) is 17.1 Å². The second-order valence-corrected chi connectivity index (χ2v) is 6.32. The molecule has 1 atom stereocenters. The maximum Gasteiger partial charge on any atom is 0.125 e. The number of halogens is 1. The Hall–Kier alpha value is -1.72. The van der Waals surface area contributed by atoms with Crippen LogP contribution in [0.4, 0.5) is 4.39 Å². The van der Waals surface area contributed by atoms with Gasteiger partial charge in [-0.15, -0.1) is 0 Å². The van der Waals surface area contributed by atoms with Gasteiger partial charge in [0, 0.05) is 6.54 Å². The van der Waals surface area contributed by atoms with Gasteiger partial charge in [-0.3, -0.25) is 4.90 Å². The summed E-state index contributed by atoms with van der Waals surface area (Å²) in [5.74, 6) is 0.739. The zero-order valence-corrected chi connectivity index (χ0v) is 12.4. The van der Waals surface area contributed by atoms with Crippen LogP contribution in [0.15, 0.2) is 35.0 Å². The van der Waals surface area contributed by atoms with Crippen LogP contribution in [0.25, 0.3) is 11.0 Å². The minimum atomic E-state index is -0.223. The molecule has 0 spiro atoms. The van der Waals surface area contributed by atoms with Crippen molar-refractivity contribution in [2.75, 3.05) is 6.54 Å². The van der Waals surface area contributed by atoms with E-state index in [1.54, 1.807) is 17.4 Å². The summed E-state index contributed by atoms with van der Waals surface area (Å²) in [6.45, 7) is 2.05. The fourth-order valence-corrected chi connectivity index (χ4v) is 3.76. The zero-order valence-electron chi connectivity index (χ0n) is 11.6. The summed E-state index contributed by atoms with van der Waals surface area (Å²) in [5.41, 5.74) is 2.98. The van der Waals surface area contributed by atoms with Crippen molar-refractivity contribution in [3.05, 3.63) is 52.2 Å². The van der Waals surface area contributed by atoms with Crippen LogP contribution < -0.4 is 0 Å². The summed E-state index contributed by atoms with van der Waals surface area (Å²) in [6, 6.07) is 7.20. The smallest absolute Gasteiger partial charge is 0.125 e. The number of likely N-dealkylation sites (tertiary alicyclic amines) is 1. The predicted molar refractivity (Wildman–Crippen MR) is 82.8 cm³/mol. The normalized spacial score (nSPS) is 19.6. The van der Waals surface area contributed by atoms with Crippen molar-refractivity contribution in [2.24, 2.45) is 0 Å². The minimum Gasteiger partial charge on any atom is -0.341 e. The molecule has 21 heavy (non-hydrogen) atoms. The van der Waals surface area contributed by atoms with Crippen LogP contribution in [0.1, 0.15) is 30.3 Å². The molecule has 3 aromatic rings. The fourth-order valence-electron chi connectivity index (χ4n) is 3.10. The first kappa shape index (κ1) is 13.0. The van der Waals surface area contributed by atoms with Crippen LogP contribution in [-0.2, 0) is 6.54 Å². The summed E-state index contributed by atoms with van der Waals surface area (Å²) in [5, 5.41) is 4.31. The Kier molecular flexibility index (Phi) is 3.24. The molecule has 1 aliphatic rings. The van der Waals surface area contributed by atoms with Crippen molar-refractivity contribution in [3.8, 4) is 0 Å². The van der Waals surface area contributed by atoms with E-state index in [-0.39, 0.29) is 5.82 Å². The number of nitrogens with zero attached hydrogens (tertiary/aromatic N) is 2. The van der Waals surface area contributed by atoms with Gasteiger partial charge in [0.25, 0.3) is 0 Å². The second kappa shape index (κ2) is 5.24. The second-order valence-electron chi connectivity index (χ2n) is 5.54. The SMILES string of the molecule is Fc1ccc2nc(C3CCCN3Cc3ccsc3)[nH]c2c1. The summed E-state index contributed by atoms with van der Waals surface area (Å²) >= 11 is 1.73. The van der Waals surface area contributed by atoms with Crippen LogP contribution in [0.5, 0.6) is 0 Å². The molecule has 0 aliphatic carbocycles. The number of imidazole rings is 1. The Morgan fingerprint density at radius 3 is 3.19 bits per heavy atom. The predicted octanol–water partition coefficient (Wildman–Crippen LogP) is 4.10. The molecule has 0 saturated carbocycles. The highest BCUT2D eigenvalue weighted by molar-refractivity contribution is 7.07. The first-order chi connectivity index (χ1) is 10.3. The molecule has 1 fully saturated rings. The molecule has 1 N–H and O–H groups in total. The summed E-state index contributed by atoms with van der Waals surface area (Å²) < 4.78 is 13.3. The topological polar surface area (TPSA) is 31.9 Å². The molecule has 108 valence electrons. The van der Waals surface area contributed by atoms with Crippen molar-refractivity contribution in [3.63, 3.8) is 0 Å². The van der Waals surface area contributed by atoms with Gasteiger partial charge in [0.2, 0.25) is 0 Å².